The van der Waals surface area contributed by atoms with Gasteiger partial charge in [-0.3, -0.25) is 9.59 Å². The van der Waals surface area contributed by atoms with Crippen molar-refractivity contribution in [2.45, 2.75) is 13.3 Å². The maximum Gasteiger partial charge on any atom is 0.272 e. The van der Waals surface area contributed by atoms with Crippen LogP contribution in [-0.2, 0) is 6.42 Å². The first-order valence-electron chi connectivity index (χ1n) is 8.43. The molecule has 0 unspecified atom stereocenters. The summed E-state index contributed by atoms with van der Waals surface area (Å²) in [5.41, 5.74) is 0.419. The van der Waals surface area contributed by atoms with Crippen molar-refractivity contribution in [3.05, 3.63) is 76.2 Å². The first-order chi connectivity index (χ1) is 12.5. The van der Waals surface area contributed by atoms with E-state index in [2.05, 4.69) is 15.5 Å². The summed E-state index contributed by atoms with van der Waals surface area (Å²) in [6.07, 6.45) is 0.629. The Morgan fingerprint density at radius 3 is 2.46 bits per heavy atom. The summed E-state index contributed by atoms with van der Waals surface area (Å²) in [6.45, 7) is 2.13. The van der Waals surface area contributed by atoms with Gasteiger partial charge in [-0.1, -0.05) is 55.5 Å². The van der Waals surface area contributed by atoms with Crippen molar-refractivity contribution < 1.29 is 9.90 Å². The van der Waals surface area contributed by atoms with Gasteiger partial charge in [-0.2, -0.15) is 5.10 Å². The summed E-state index contributed by atoms with van der Waals surface area (Å²) in [6, 6.07) is 16.7. The first kappa shape index (κ1) is 17.8. The maximum atomic E-state index is 12.6. The Morgan fingerprint density at radius 2 is 1.77 bits per heavy atom. The molecule has 1 atom stereocenters. The third-order valence-electron chi connectivity index (χ3n) is 4.44. The minimum Gasteiger partial charge on any atom is -0.396 e. The molecule has 3 N–H and O–H groups in total. The lowest BCUT2D eigenvalue weighted by Crippen LogP contribution is -2.40. The molecule has 0 spiro atoms. The lowest BCUT2D eigenvalue weighted by molar-refractivity contribution is 0.0891. The number of H-pyrrole nitrogens is 1. The number of nitrogens with one attached hydrogen (secondary N) is 2. The van der Waals surface area contributed by atoms with Crippen LogP contribution in [0.15, 0.2) is 59.4 Å². The van der Waals surface area contributed by atoms with E-state index in [1.165, 1.54) is 0 Å². The number of aromatic nitrogens is 2. The van der Waals surface area contributed by atoms with Crippen LogP contribution in [0.3, 0.4) is 0 Å². The van der Waals surface area contributed by atoms with E-state index < -0.39 is 5.41 Å². The van der Waals surface area contributed by atoms with Crippen LogP contribution in [0.2, 0.25) is 0 Å². The largest absolute Gasteiger partial charge is 0.396 e. The molecule has 26 heavy (non-hydrogen) atoms. The molecule has 6 nitrogen and oxygen atoms in total. The predicted molar refractivity (Wildman–Crippen MR) is 100 cm³/mol. The molecule has 3 rings (SSSR count). The average Bonchev–Trinajstić information content (AvgIpc) is 2.67. The maximum absolute atomic E-state index is 12.6. The lowest BCUT2D eigenvalue weighted by atomic mass is 9.84. The number of benzene rings is 2. The van der Waals surface area contributed by atoms with E-state index >= 15 is 0 Å². The van der Waals surface area contributed by atoms with Crippen molar-refractivity contribution in [1.82, 2.24) is 15.5 Å². The van der Waals surface area contributed by atoms with Gasteiger partial charge in [0.05, 0.1) is 12.0 Å². The van der Waals surface area contributed by atoms with Crippen molar-refractivity contribution in [2.75, 3.05) is 13.2 Å². The third-order valence-corrected chi connectivity index (χ3v) is 4.44. The Balaban J connectivity index is 1.78. The fourth-order valence-electron chi connectivity index (χ4n) is 2.93. The second-order valence-corrected chi connectivity index (χ2v) is 6.76. The van der Waals surface area contributed by atoms with Gasteiger partial charge in [0.1, 0.15) is 0 Å². The van der Waals surface area contributed by atoms with Crippen LogP contribution in [0.25, 0.3) is 10.8 Å². The molecule has 2 aromatic carbocycles. The number of nitrogens with zero attached hydrogens (tertiary/aromatic N) is 1. The van der Waals surface area contributed by atoms with E-state index in [0.717, 1.165) is 5.56 Å². The molecular weight excluding hydrogens is 330 g/mol. The van der Waals surface area contributed by atoms with Gasteiger partial charge in [0, 0.05) is 17.3 Å². The summed E-state index contributed by atoms with van der Waals surface area (Å²) in [7, 11) is 0. The van der Waals surface area contributed by atoms with Gasteiger partial charge in [-0.05, 0) is 18.1 Å². The van der Waals surface area contributed by atoms with Gasteiger partial charge < -0.3 is 10.4 Å². The highest BCUT2D eigenvalue weighted by Crippen LogP contribution is 2.21. The van der Waals surface area contributed by atoms with Gasteiger partial charge in [0.2, 0.25) is 0 Å². The van der Waals surface area contributed by atoms with E-state index in [-0.39, 0.29) is 30.3 Å². The Hall–Kier alpha value is -2.99. The molecule has 1 aromatic heterocycles. The van der Waals surface area contributed by atoms with Gasteiger partial charge in [-0.15, -0.1) is 0 Å². The standard InChI is InChI=1S/C20H21N3O3/c1-20(13-24,11-14-7-3-2-4-8-14)12-21-19(26)17-15-9-5-6-10-16(15)18(25)23-22-17/h2-10,24H,11-13H2,1H3,(H,21,26)(H,23,25)/t20-/m0/s1. The first-order valence-corrected chi connectivity index (χ1v) is 8.43. The van der Waals surface area contributed by atoms with E-state index in [4.69, 9.17) is 0 Å². The van der Waals surface area contributed by atoms with Gasteiger partial charge in [-0.25, -0.2) is 5.10 Å². The zero-order valence-corrected chi connectivity index (χ0v) is 14.5. The summed E-state index contributed by atoms with van der Waals surface area (Å²) < 4.78 is 0. The summed E-state index contributed by atoms with van der Waals surface area (Å²) in [4.78, 5) is 24.4. The highest BCUT2D eigenvalue weighted by Gasteiger charge is 2.25. The number of aliphatic hydroxyl groups is 1. The quantitative estimate of drug-likeness (QED) is 0.632. The topological polar surface area (TPSA) is 95.1 Å². The van der Waals surface area contributed by atoms with Crippen LogP contribution in [-0.4, -0.2) is 34.4 Å². The zero-order valence-electron chi connectivity index (χ0n) is 14.5. The minimum absolute atomic E-state index is 0.0675. The molecule has 0 saturated heterocycles. The molecule has 1 amide bonds. The molecule has 6 heteroatoms. The number of hydrogen-bond acceptors (Lipinski definition) is 4. The SMILES string of the molecule is C[C@@](CO)(CNC(=O)c1n[nH]c(=O)c2ccccc12)Cc1ccccc1. The summed E-state index contributed by atoms with van der Waals surface area (Å²) in [5, 5.41) is 19.8. The van der Waals surface area contributed by atoms with Crippen LogP contribution >= 0.6 is 0 Å². The second-order valence-electron chi connectivity index (χ2n) is 6.76. The van der Waals surface area contributed by atoms with Crippen molar-refractivity contribution in [2.24, 2.45) is 5.41 Å². The third kappa shape index (κ3) is 3.81. The fourth-order valence-corrected chi connectivity index (χ4v) is 2.93. The molecule has 0 radical (unpaired) electrons. The summed E-state index contributed by atoms with van der Waals surface area (Å²) >= 11 is 0. The minimum atomic E-state index is -0.505. The van der Waals surface area contributed by atoms with Crippen molar-refractivity contribution in [3.63, 3.8) is 0 Å². The molecule has 0 aliphatic heterocycles. The number of hydrogen-bond donors (Lipinski definition) is 3. The Bertz CT molecular complexity index is 969. The monoisotopic (exact) mass is 351 g/mol. The normalized spacial score (nSPS) is 13.3. The van der Waals surface area contributed by atoms with Crippen LogP contribution in [0, 0.1) is 5.41 Å². The molecule has 1 heterocycles. The van der Waals surface area contributed by atoms with Gasteiger partial charge >= 0.3 is 0 Å². The number of aliphatic hydroxyl groups excluding tert-OH is 1. The number of rotatable bonds is 6. The lowest BCUT2D eigenvalue weighted by Gasteiger charge is -2.27. The Labute approximate surface area is 150 Å². The number of amides is 1. The van der Waals surface area contributed by atoms with E-state index in [0.29, 0.717) is 17.2 Å². The molecule has 0 bridgehead atoms. The molecular formula is C20H21N3O3. The number of carbonyl (C=O) groups is 1. The molecule has 0 aliphatic carbocycles. The van der Waals surface area contributed by atoms with Crippen LogP contribution in [0.5, 0.6) is 0 Å². The molecule has 3 aromatic rings. The fraction of sp³-hybridized carbons (Fsp3) is 0.250. The van der Waals surface area contributed by atoms with Crippen LogP contribution in [0.1, 0.15) is 23.0 Å². The van der Waals surface area contributed by atoms with E-state index in [1.54, 1.807) is 24.3 Å². The van der Waals surface area contributed by atoms with Crippen molar-refractivity contribution >= 4 is 16.7 Å². The van der Waals surface area contributed by atoms with Crippen molar-refractivity contribution in [1.29, 1.82) is 0 Å². The average molecular weight is 351 g/mol. The number of aromatic amines is 1. The van der Waals surface area contributed by atoms with Crippen LogP contribution < -0.4 is 10.9 Å². The molecule has 134 valence electrons. The summed E-state index contributed by atoms with van der Waals surface area (Å²) in [5.74, 6) is -0.384. The van der Waals surface area contributed by atoms with E-state index in [1.807, 2.05) is 37.3 Å². The van der Waals surface area contributed by atoms with Gasteiger partial charge in [0.15, 0.2) is 5.69 Å². The number of carbonyl (C=O) groups excluding carboxylic acids is 1. The zero-order chi connectivity index (χ0) is 18.6. The number of fused-ring (bicyclic) bond motifs is 1. The smallest absolute Gasteiger partial charge is 0.272 e. The second kappa shape index (κ2) is 7.49. The molecule has 0 fully saturated rings. The Morgan fingerprint density at radius 1 is 1.12 bits per heavy atom. The molecule has 0 aliphatic rings. The highest BCUT2D eigenvalue weighted by atomic mass is 16.3. The van der Waals surface area contributed by atoms with E-state index in [9.17, 15) is 14.7 Å². The molecule has 0 saturated carbocycles. The Kier molecular flexibility index (Phi) is 5.14. The predicted octanol–water partition coefficient (Wildman–Crippen LogP) is 1.89. The van der Waals surface area contributed by atoms with Crippen LogP contribution in [0.4, 0.5) is 0 Å². The highest BCUT2D eigenvalue weighted by molar-refractivity contribution is 6.04. The van der Waals surface area contributed by atoms with Crippen molar-refractivity contribution in [3.8, 4) is 0 Å². The van der Waals surface area contributed by atoms with Gasteiger partial charge in [0.25, 0.3) is 11.5 Å².